The van der Waals surface area contributed by atoms with Gasteiger partial charge in [0.25, 0.3) is 11.8 Å². The van der Waals surface area contributed by atoms with E-state index in [1.54, 1.807) is 19.1 Å². The topological polar surface area (TPSA) is 95.7 Å². The Bertz CT molecular complexity index is 1040. The van der Waals surface area contributed by atoms with E-state index in [1.165, 1.54) is 19.5 Å². The van der Waals surface area contributed by atoms with E-state index < -0.39 is 11.7 Å². The molecular formula is C18H15Cl2N3O5. The monoisotopic (exact) mass is 423 g/mol. The smallest absolute Gasteiger partial charge is 0.259 e. The number of methoxy groups -OCH3 is 1. The second-order valence-corrected chi connectivity index (χ2v) is 6.90. The Morgan fingerprint density at radius 3 is 2.54 bits per heavy atom. The quantitative estimate of drug-likeness (QED) is 0.676. The molecule has 3 aromatic rings. The number of nitrogens with one attached hydrogen (secondary N) is 1. The Morgan fingerprint density at radius 2 is 1.89 bits per heavy atom. The van der Waals surface area contributed by atoms with E-state index in [1.807, 2.05) is 0 Å². The van der Waals surface area contributed by atoms with E-state index in [2.05, 4.69) is 15.3 Å². The molecule has 0 radical (unpaired) electrons. The molecule has 0 unspecified atom stereocenters. The molecule has 0 atom stereocenters. The van der Waals surface area contributed by atoms with Crippen molar-refractivity contribution in [1.82, 2.24) is 9.97 Å². The predicted octanol–water partition coefficient (Wildman–Crippen LogP) is 4.01. The van der Waals surface area contributed by atoms with Crippen LogP contribution in [0.5, 0.6) is 5.75 Å². The fraction of sp³-hybridized carbons (Fsp3) is 0.278. The first-order chi connectivity index (χ1) is 13.4. The fourth-order valence-corrected chi connectivity index (χ4v) is 3.33. The molecule has 28 heavy (non-hydrogen) atoms. The number of nitrogens with zero attached hydrogens (tertiary/aromatic N) is 2. The molecule has 0 bridgehead atoms. The Balaban J connectivity index is 1.78. The number of halogens is 2. The van der Waals surface area contributed by atoms with Crippen LogP contribution in [0, 0.1) is 0 Å². The van der Waals surface area contributed by atoms with E-state index in [0.717, 1.165) is 0 Å². The molecule has 1 fully saturated rings. The zero-order chi connectivity index (χ0) is 19.9. The second kappa shape index (κ2) is 7.21. The van der Waals surface area contributed by atoms with Gasteiger partial charge in [-0.3, -0.25) is 9.78 Å². The molecule has 4 rings (SSSR count). The van der Waals surface area contributed by atoms with Crippen LogP contribution in [-0.2, 0) is 15.3 Å². The minimum absolute atomic E-state index is 0.193. The summed E-state index contributed by atoms with van der Waals surface area (Å²) in [6.07, 6.45) is 2.77. The van der Waals surface area contributed by atoms with Crippen molar-refractivity contribution in [2.24, 2.45) is 0 Å². The number of aromatic nitrogens is 2. The molecule has 0 spiro atoms. The molecule has 10 heteroatoms. The van der Waals surface area contributed by atoms with Gasteiger partial charge in [0.05, 0.1) is 41.6 Å². The Labute approximate surface area is 169 Å². The number of pyridine rings is 1. The normalized spacial score (nSPS) is 15.7. The maximum Gasteiger partial charge on any atom is 0.259 e. The van der Waals surface area contributed by atoms with Crippen LogP contribution in [0.25, 0.3) is 11.1 Å². The molecule has 1 aromatic carbocycles. The van der Waals surface area contributed by atoms with Crippen LogP contribution in [0.3, 0.4) is 0 Å². The number of hydrogen-bond donors (Lipinski definition) is 1. The SMILES string of the molecule is COc1ccc(C(=O)Nc2c(Cl)cncc2Cl)c2oc(C3(C)OCCO3)nc12. The second-order valence-electron chi connectivity index (χ2n) is 6.09. The van der Waals surface area contributed by atoms with E-state index in [0.29, 0.717) is 24.5 Å². The molecule has 1 aliphatic heterocycles. The predicted molar refractivity (Wildman–Crippen MR) is 102 cm³/mol. The zero-order valence-corrected chi connectivity index (χ0v) is 16.4. The molecule has 3 heterocycles. The van der Waals surface area contributed by atoms with Gasteiger partial charge in [-0.05, 0) is 19.1 Å². The molecule has 1 N–H and O–H groups in total. The number of ether oxygens (including phenoxy) is 3. The first-order valence-electron chi connectivity index (χ1n) is 8.29. The highest BCUT2D eigenvalue weighted by atomic mass is 35.5. The van der Waals surface area contributed by atoms with Crippen LogP contribution in [0.15, 0.2) is 28.9 Å². The standard InChI is InChI=1S/C18H15Cl2N3O5/c1-18(26-5-6-27-18)17-23-14-12(25-2)4-3-9(15(14)28-17)16(24)22-13-10(19)7-21-8-11(13)20/h3-4,7-8H,5-6H2,1-2H3,(H,21,22,24). The molecule has 2 aromatic heterocycles. The highest BCUT2D eigenvalue weighted by molar-refractivity contribution is 6.39. The van der Waals surface area contributed by atoms with Crippen molar-refractivity contribution in [3.63, 3.8) is 0 Å². The Kier molecular flexibility index (Phi) is 4.88. The summed E-state index contributed by atoms with van der Waals surface area (Å²) in [4.78, 5) is 21.2. The van der Waals surface area contributed by atoms with Crippen LogP contribution in [-0.4, -0.2) is 36.2 Å². The Hall–Kier alpha value is -2.39. The van der Waals surface area contributed by atoms with Gasteiger partial charge in [-0.15, -0.1) is 0 Å². The molecule has 1 saturated heterocycles. The third-order valence-electron chi connectivity index (χ3n) is 4.29. The van der Waals surface area contributed by atoms with E-state index in [4.69, 9.17) is 41.8 Å². The number of fused-ring (bicyclic) bond motifs is 1. The highest BCUT2D eigenvalue weighted by Gasteiger charge is 2.39. The number of hydrogen-bond acceptors (Lipinski definition) is 7. The van der Waals surface area contributed by atoms with Crippen molar-refractivity contribution >= 4 is 45.9 Å². The summed E-state index contributed by atoms with van der Waals surface area (Å²) in [7, 11) is 1.50. The van der Waals surface area contributed by atoms with Crippen LogP contribution < -0.4 is 10.1 Å². The lowest BCUT2D eigenvalue weighted by atomic mass is 10.1. The van der Waals surface area contributed by atoms with Crippen molar-refractivity contribution in [2.45, 2.75) is 12.7 Å². The lowest BCUT2D eigenvalue weighted by Gasteiger charge is -2.17. The van der Waals surface area contributed by atoms with Gasteiger partial charge in [0.2, 0.25) is 5.79 Å². The van der Waals surface area contributed by atoms with E-state index in [-0.39, 0.29) is 32.8 Å². The summed E-state index contributed by atoms with van der Waals surface area (Å²) in [5, 5.41) is 3.10. The summed E-state index contributed by atoms with van der Waals surface area (Å²) >= 11 is 12.2. The van der Waals surface area contributed by atoms with E-state index in [9.17, 15) is 4.79 Å². The number of carbonyl (C=O) groups excluding carboxylic acids is 1. The lowest BCUT2D eigenvalue weighted by Crippen LogP contribution is -2.22. The van der Waals surface area contributed by atoms with Crippen LogP contribution in [0.1, 0.15) is 23.2 Å². The third kappa shape index (κ3) is 3.18. The maximum atomic E-state index is 12.9. The molecule has 1 amide bonds. The largest absolute Gasteiger partial charge is 0.494 e. The number of anilines is 1. The summed E-state index contributed by atoms with van der Waals surface area (Å²) in [5.41, 5.74) is 1.08. The maximum absolute atomic E-state index is 12.9. The van der Waals surface area contributed by atoms with E-state index >= 15 is 0 Å². The minimum Gasteiger partial charge on any atom is -0.494 e. The van der Waals surface area contributed by atoms with Crippen molar-refractivity contribution in [1.29, 1.82) is 0 Å². The first-order valence-corrected chi connectivity index (χ1v) is 9.05. The molecule has 8 nitrogen and oxygen atoms in total. The molecule has 0 saturated carbocycles. The van der Waals surface area contributed by atoms with Crippen molar-refractivity contribution in [3.8, 4) is 5.75 Å². The molecule has 1 aliphatic rings. The van der Waals surface area contributed by atoms with Gasteiger partial charge < -0.3 is 23.9 Å². The average molecular weight is 424 g/mol. The summed E-state index contributed by atoms with van der Waals surface area (Å²) in [5.74, 6) is -0.972. The van der Waals surface area contributed by atoms with Crippen molar-refractivity contribution in [3.05, 3.63) is 46.0 Å². The number of carbonyl (C=O) groups is 1. The van der Waals surface area contributed by atoms with Gasteiger partial charge >= 0.3 is 0 Å². The van der Waals surface area contributed by atoms with Crippen LogP contribution in [0.2, 0.25) is 10.0 Å². The van der Waals surface area contributed by atoms with Gasteiger partial charge in [-0.25, -0.2) is 4.98 Å². The highest BCUT2D eigenvalue weighted by Crippen LogP contribution is 2.37. The Morgan fingerprint density at radius 1 is 1.21 bits per heavy atom. The first kappa shape index (κ1) is 18.9. The number of oxazole rings is 1. The van der Waals surface area contributed by atoms with Gasteiger partial charge in [0.1, 0.15) is 5.75 Å². The zero-order valence-electron chi connectivity index (χ0n) is 14.9. The molecular weight excluding hydrogens is 409 g/mol. The van der Waals surface area contributed by atoms with Gasteiger partial charge in [0.15, 0.2) is 11.1 Å². The summed E-state index contributed by atoms with van der Waals surface area (Å²) < 4.78 is 22.4. The minimum atomic E-state index is -1.13. The summed E-state index contributed by atoms with van der Waals surface area (Å²) in [6, 6.07) is 3.19. The lowest BCUT2D eigenvalue weighted by molar-refractivity contribution is -0.165. The summed E-state index contributed by atoms with van der Waals surface area (Å²) in [6.45, 7) is 2.53. The molecule has 146 valence electrons. The fourth-order valence-electron chi connectivity index (χ4n) is 2.87. The number of rotatable bonds is 4. The number of amides is 1. The van der Waals surface area contributed by atoms with Gasteiger partial charge in [0, 0.05) is 12.4 Å². The van der Waals surface area contributed by atoms with Gasteiger partial charge in [-0.2, -0.15) is 0 Å². The average Bonchev–Trinajstić information content (AvgIpc) is 3.31. The number of benzene rings is 1. The van der Waals surface area contributed by atoms with Crippen LogP contribution in [0.4, 0.5) is 5.69 Å². The van der Waals surface area contributed by atoms with Gasteiger partial charge in [-0.1, -0.05) is 23.2 Å². The third-order valence-corrected chi connectivity index (χ3v) is 4.86. The van der Waals surface area contributed by atoms with Crippen LogP contribution >= 0.6 is 23.2 Å². The van der Waals surface area contributed by atoms with Crippen molar-refractivity contribution < 1.29 is 23.4 Å². The molecule has 0 aliphatic carbocycles. The van der Waals surface area contributed by atoms with Crippen molar-refractivity contribution in [2.75, 3.05) is 25.6 Å².